The molecule has 0 aromatic heterocycles. The summed E-state index contributed by atoms with van der Waals surface area (Å²) in [7, 11) is 0. The molecular weight excluding hydrogens is 512 g/mol. The first-order chi connectivity index (χ1) is 19.2. The zero-order valence-electron chi connectivity index (χ0n) is 26.8. The van der Waals surface area contributed by atoms with Gasteiger partial charge < -0.3 is 20.4 Å². The number of carbonyl (C=O) groups excluding carboxylic acids is 2. The lowest BCUT2D eigenvalue weighted by atomic mass is 9.47. The van der Waals surface area contributed by atoms with Crippen molar-refractivity contribution in [2.45, 2.75) is 130 Å². The van der Waals surface area contributed by atoms with Crippen LogP contribution in [-0.4, -0.2) is 58.3 Å². The van der Waals surface area contributed by atoms with Crippen LogP contribution in [-0.2, 0) is 9.59 Å². The van der Waals surface area contributed by atoms with Crippen LogP contribution < -0.4 is 5.32 Å². The maximum atomic E-state index is 13.3. The summed E-state index contributed by atoms with van der Waals surface area (Å²) in [6.07, 6.45) is 15.3. The number of aliphatic hydroxyl groups is 2. The molecule has 4 aliphatic carbocycles. The van der Waals surface area contributed by atoms with Crippen molar-refractivity contribution in [3.8, 4) is 0 Å². The number of nitrogens with zero attached hydrogens (tertiary/aromatic N) is 1. The van der Waals surface area contributed by atoms with Crippen LogP contribution in [0.3, 0.4) is 0 Å². The van der Waals surface area contributed by atoms with Gasteiger partial charge >= 0.3 is 0 Å². The summed E-state index contributed by atoms with van der Waals surface area (Å²) in [5.41, 5.74) is 0.833. The predicted octanol–water partition coefficient (Wildman–Crippen LogP) is 5.86. The standard InChI is InChI=1S/C35H58N2O4/c1-23(7-12-30(39)37-19-17-33(4,18-20-37)22-36-31(40)32(2,3)41)27-10-11-28-26-9-8-24-21-25(38)13-15-34(24,5)29(26)14-16-35(27,28)6/h8,23,25-29,38,41H,7,9-22H2,1-6H3,(H,36,40)/t23?,25-,26-,27+,28-,29-,34-,35+/m0/s1. The van der Waals surface area contributed by atoms with Crippen molar-refractivity contribution in [3.63, 3.8) is 0 Å². The maximum absolute atomic E-state index is 13.3. The highest BCUT2D eigenvalue weighted by Gasteiger charge is 2.59. The van der Waals surface area contributed by atoms with Gasteiger partial charge in [-0.05, 0) is 130 Å². The lowest BCUT2D eigenvalue weighted by Crippen LogP contribution is -2.51. The minimum Gasteiger partial charge on any atom is -0.393 e. The SMILES string of the molecule is CC(CCC(=O)N1CCC(C)(CNC(=O)C(C)(C)O)CC1)[C@H]1CC[C@H]2[C@@H]3CC=C4C[C@@H](O)CC[C@]4(C)[C@H]3CC[C@]12C. The van der Waals surface area contributed by atoms with Crippen molar-refractivity contribution in [3.05, 3.63) is 11.6 Å². The molecule has 6 nitrogen and oxygen atoms in total. The monoisotopic (exact) mass is 570 g/mol. The Morgan fingerprint density at radius 2 is 1.76 bits per heavy atom. The van der Waals surface area contributed by atoms with Crippen LogP contribution in [0.5, 0.6) is 0 Å². The predicted molar refractivity (Wildman–Crippen MR) is 163 cm³/mol. The van der Waals surface area contributed by atoms with E-state index in [0.29, 0.717) is 41.5 Å². The maximum Gasteiger partial charge on any atom is 0.251 e. The van der Waals surface area contributed by atoms with Crippen molar-refractivity contribution in [1.29, 1.82) is 0 Å². The highest BCUT2D eigenvalue weighted by atomic mass is 16.3. The van der Waals surface area contributed by atoms with E-state index in [1.54, 1.807) is 5.57 Å². The molecule has 0 aromatic carbocycles. The average molecular weight is 571 g/mol. The highest BCUT2D eigenvalue weighted by Crippen LogP contribution is 2.67. The van der Waals surface area contributed by atoms with E-state index in [0.717, 1.165) is 69.4 Å². The molecule has 8 atom stereocenters. The van der Waals surface area contributed by atoms with E-state index in [9.17, 15) is 19.8 Å². The third-order valence-corrected chi connectivity index (χ3v) is 13.2. The molecule has 5 aliphatic rings. The van der Waals surface area contributed by atoms with E-state index in [1.807, 2.05) is 4.90 Å². The molecule has 1 heterocycles. The number of rotatable bonds is 7. The van der Waals surface area contributed by atoms with Gasteiger partial charge in [0.25, 0.3) is 5.91 Å². The zero-order chi connectivity index (χ0) is 29.8. The largest absolute Gasteiger partial charge is 0.393 e. The Morgan fingerprint density at radius 1 is 1.05 bits per heavy atom. The number of likely N-dealkylation sites (tertiary alicyclic amines) is 1. The molecular formula is C35H58N2O4. The summed E-state index contributed by atoms with van der Waals surface area (Å²) in [5, 5.41) is 23.1. The van der Waals surface area contributed by atoms with Gasteiger partial charge in [0.05, 0.1) is 6.10 Å². The van der Waals surface area contributed by atoms with Gasteiger partial charge in [-0.1, -0.05) is 39.3 Å². The van der Waals surface area contributed by atoms with E-state index in [-0.39, 0.29) is 17.4 Å². The number of aliphatic hydroxyl groups excluding tert-OH is 1. The molecule has 0 radical (unpaired) electrons. The topological polar surface area (TPSA) is 89.9 Å². The molecule has 3 N–H and O–H groups in total. The fourth-order valence-electron chi connectivity index (χ4n) is 10.3. The third-order valence-electron chi connectivity index (χ3n) is 13.2. The van der Waals surface area contributed by atoms with Crippen molar-refractivity contribution >= 4 is 11.8 Å². The number of allylic oxidation sites excluding steroid dienone is 1. The van der Waals surface area contributed by atoms with Crippen LogP contribution in [0.1, 0.15) is 119 Å². The van der Waals surface area contributed by atoms with E-state index < -0.39 is 5.60 Å². The van der Waals surface area contributed by atoms with Gasteiger partial charge in [0.15, 0.2) is 0 Å². The van der Waals surface area contributed by atoms with Crippen molar-refractivity contribution < 1.29 is 19.8 Å². The molecule has 232 valence electrons. The molecule has 1 aliphatic heterocycles. The minimum absolute atomic E-state index is 0.0408. The highest BCUT2D eigenvalue weighted by molar-refractivity contribution is 5.83. The molecule has 0 aromatic rings. The second-order valence-electron chi connectivity index (χ2n) is 16.3. The third kappa shape index (κ3) is 5.90. The van der Waals surface area contributed by atoms with Crippen molar-refractivity contribution in [2.75, 3.05) is 19.6 Å². The van der Waals surface area contributed by atoms with Crippen LogP contribution in [0, 0.1) is 45.8 Å². The van der Waals surface area contributed by atoms with Gasteiger partial charge in [-0.25, -0.2) is 0 Å². The number of hydrogen-bond donors (Lipinski definition) is 3. The number of nitrogens with one attached hydrogen (secondary N) is 1. The summed E-state index contributed by atoms with van der Waals surface area (Å²) >= 11 is 0. The number of hydrogen-bond acceptors (Lipinski definition) is 4. The molecule has 41 heavy (non-hydrogen) atoms. The fourth-order valence-corrected chi connectivity index (χ4v) is 10.3. The Bertz CT molecular complexity index is 1020. The second kappa shape index (κ2) is 11.3. The Balaban J connectivity index is 1.12. The quantitative estimate of drug-likeness (QED) is 0.335. The van der Waals surface area contributed by atoms with Crippen LogP contribution in [0.2, 0.25) is 0 Å². The lowest BCUT2D eigenvalue weighted by molar-refractivity contribution is -0.138. The minimum atomic E-state index is -1.37. The van der Waals surface area contributed by atoms with E-state index in [1.165, 1.54) is 46.0 Å². The summed E-state index contributed by atoms with van der Waals surface area (Å²) in [6, 6.07) is 0. The van der Waals surface area contributed by atoms with E-state index >= 15 is 0 Å². The number of piperidine rings is 1. The number of amides is 2. The summed E-state index contributed by atoms with van der Waals surface area (Å²) in [5.74, 6) is 3.58. The van der Waals surface area contributed by atoms with Crippen molar-refractivity contribution in [2.24, 2.45) is 45.8 Å². The van der Waals surface area contributed by atoms with Gasteiger partial charge in [-0.2, -0.15) is 0 Å². The molecule has 1 saturated heterocycles. The van der Waals surface area contributed by atoms with Crippen LogP contribution in [0.4, 0.5) is 0 Å². The van der Waals surface area contributed by atoms with Crippen molar-refractivity contribution in [1.82, 2.24) is 10.2 Å². The van der Waals surface area contributed by atoms with E-state index in [2.05, 4.69) is 39.1 Å². The molecule has 6 heteroatoms. The fraction of sp³-hybridized carbons (Fsp3) is 0.886. The molecule has 0 bridgehead atoms. The van der Waals surface area contributed by atoms with Crippen LogP contribution in [0.15, 0.2) is 11.6 Å². The second-order valence-corrected chi connectivity index (χ2v) is 16.3. The Hall–Kier alpha value is -1.40. The van der Waals surface area contributed by atoms with E-state index in [4.69, 9.17) is 0 Å². The molecule has 1 unspecified atom stereocenters. The first-order valence-corrected chi connectivity index (χ1v) is 16.8. The molecule has 4 fully saturated rings. The first kappa shape index (κ1) is 31.0. The Labute approximate surface area is 249 Å². The Kier molecular flexibility index (Phi) is 8.53. The summed E-state index contributed by atoms with van der Waals surface area (Å²) in [4.78, 5) is 27.4. The number of carbonyl (C=O) groups is 2. The van der Waals surface area contributed by atoms with Gasteiger partial charge in [-0.15, -0.1) is 0 Å². The molecule has 2 amide bonds. The first-order valence-electron chi connectivity index (χ1n) is 16.8. The average Bonchev–Trinajstić information content (AvgIpc) is 3.28. The van der Waals surface area contributed by atoms with Gasteiger partial charge in [0.1, 0.15) is 5.60 Å². The molecule has 3 saturated carbocycles. The number of fused-ring (bicyclic) bond motifs is 5. The zero-order valence-corrected chi connectivity index (χ0v) is 26.8. The Morgan fingerprint density at radius 3 is 2.44 bits per heavy atom. The van der Waals surface area contributed by atoms with Gasteiger partial charge in [-0.3, -0.25) is 9.59 Å². The lowest BCUT2D eigenvalue weighted by Gasteiger charge is -2.58. The van der Waals surface area contributed by atoms with Gasteiger partial charge in [0.2, 0.25) is 5.91 Å². The smallest absolute Gasteiger partial charge is 0.251 e. The van der Waals surface area contributed by atoms with Crippen LogP contribution in [0.25, 0.3) is 0 Å². The summed E-state index contributed by atoms with van der Waals surface area (Å²) in [6.45, 7) is 14.8. The normalized spacial score (nSPS) is 39.2. The van der Waals surface area contributed by atoms with Crippen LogP contribution >= 0.6 is 0 Å². The molecule has 0 spiro atoms. The summed E-state index contributed by atoms with van der Waals surface area (Å²) < 4.78 is 0. The molecule has 5 rings (SSSR count). The van der Waals surface area contributed by atoms with Gasteiger partial charge in [0, 0.05) is 26.1 Å².